The fourth-order valence-electron chi connectivity index (χ4n) is 2.48. The molecule has 0 aliphatic carbocycles. The van der Waals surface area contributed by atoms with E-state index in [-0.39, 0.29) is 21.4 Å². The first-order valence-corrected chi connectivity index (χ1v) is 12.3. The van der Waals surface area contributed by atoms with Gasteiger partial charge in [-0.05, 0) is 47.7 Å². The van der Waals surface area contributed by atoms with E-state index in [1.807, 2.05) is 0 Å². The number of amidine groups is 1. The Hall–Kier alpha value is -3.03. The summed E-state index contributed by atoms with van der Waals surface area (Å²) in [7, 11) is -3.76. The first kappa shape index (κ1) is 26.2. The molecule has 5 N–H and O–H groups in total. The van der Waals surface area contributed by atoms with Crippen molar-refractivity contribution in [2.75, 3.05) is 6.26 Å². The van der Waals surface area contributed by atoms with E-state index in [9.17, 15) is 26.7 Å². The number of halogens is 3. The number of nitrogen functional groups attached to an aromatic ring is 1. The summed E-state index contributed by atoms with van der Waals surface area (Å²) in [5, 5.41) is 24.3. The highest BCUT2D eigenvalue weighted by molar-refractivity contribution is 8.01. The number of aromatic hydroxyl groups is 1. The lowest BCUT2D eigenvalue weighted by molar-refractivity contribution is -0.192. The van der Waals surface area contributed by atoms with Crippen molar-refractivity contribution in [3.05, 3.63) is 59.5 Å². The zero-order valence-corrected chi connectivity index (χ0v) is 19.2. The van der Waals surface area contributed by atoms with Gasteiger partial charge in [-0.15, -0.1) is 23.1 Å². The third-order valence-corrected chi connectivity index (χ3v) is 8.31. The van der Waals surface area contributed by atoms with Crippen LogP contribution in [0, 0.1) is 5.41 Å². The topological polar surface area (TPSA) is 142 Å². The molecule has 0 spiro atoms. The molecule has 0 atom stereocenters. The number of carboxylic acids is 1. The van der Waals surface area contributed by atoms with Gasteiger partial charge in [0.2, 0.25) is 9.84 Å². The molecule has 0 fully saturated rings. The fraction of sp³-hybridized carbons (Fsp3) is 0.100. The summed E-state index contributed by atoms with van der Waals surface area (Å²) < 4.78 is 58.6. The van der Waals surface area contributed by atoms with E-state index >= 15 is 0 Å². The molecule has 13 heteroatoms. The van der Waals surface area contributed by atoms with E-state index in [2.05, 4.69) is 0 Å². The Balaban J connectivity index is 0.000000479. The normalized spacial score (nSPS) is 11.4. The Morgan fingerprint density at radius 3 is 2.12 bits per heavy atom. The SMILES string of the molecule is CSc1sc(C(=N)N)cc1S(=O)(=O)c1cccc(-c2cccc(O)c2)c1.O=C(O)C(F)(F)F. The zero-order valence-electron chi connectivity index (χ0n) is 16.8. The molecule has 3 aromatic rings. The number of nitrogens with one attached hydrogen (secondary N) is 1. The van der Waals surface area contributed by atoms with E-state index in [1.54, 1.807) is 48.7 Å². The second-order valence-corrected chi connectivity index (χ2v) is 10.3. The highest BCUT2D eigenvalue weighted by Gasteiger charge is 2.38. The molecule has 0 saturated carbocycles. The van der Waals surface area contributed by atoms with E-state index in [4.69, 9.17) is 21.0 Å². The predicted molar refractivity (Wildman–Crippen MR) is 120 cm³/mol. The minimum absolute atomic E-state index is 0.115. The molecule has 1 aromatic heterocycles. The van der Waals surface area contributed by atoms with Crippen LogP contribution < -0.4 is 5.73 Å². The molecule has 7 nitrogen and oxygen atoms in total. The first-order valence-electron chi connectivity index (χ1n) is 8.74. The van der Waals surface area contributed by atoms with Gasteiger partial charge in [-0.3, -0.25) is 5.41 Å². The Kier molecular flexibility index (Phi) is 8.16. The van der Waals surface area contributed by atoms with Crippen LogP contribution in [0.2, 0.25) is 0 Å². The molecule has 176 valence electrons. The van der Waals surface area contributed by atoms with Crippen molar-refractivity contribution in [2.24, 2.45) is 5.73 Å². The second kappa shape index (κ2) is 10.3. The number of phenolic OH excluding ortho intramolecular Hbond substituents is 1. The molecular formula is C20H17F3N2O5S3. The summed E-state index contributed by atoms with van der Waals surface area (Å²) >= 11 is 2.50. The maximum Gasteiger partial charge on any atom is 0.490 e. The number of hydrogen-bond acceptors (Lipinski definition) is 7. The number of benzene rings is 2. The fourth-order valence-corrected chi connectivity index (χ4v) is 6.38. The van der Waals surface area contributed by atoms with Crippen molar-refractivity contribution in [3.8, 4) is 16.9 Å². The number of rotatable bonds is 5. The Labute approximate surface area is 195 Å². The maximum atomic E-state index is 13.1. The van der Waals surface area contributed by atoms with Crippen molar-refractivity contribution < 1.29 is 36.6 Å². The number of thioether (sulfide) groups is 1. The van der Waals surface area contributed by atoms with Crippen molar-refractivity contribution in [1.82, 2.24) is 0 Å². The molecule has 0 bridgehead atoms. The van der Waals surface area contributed by atoms with Gasteiger partial charge in [-0.2, -0.15) is 13.2 Å². The number of alkyl halides is 3. The van der Waals surface area contributed by atoms with Crippen LogP contribution in [0.4, 0.5) is 13.2 Å². The molecule has 0 amide bonds. The minimum atomic E-state index is -5.08. The molecule has 0 aliphatic heterocycles. The highest BCUT2D eigenvalue weighted by atomic mass is 32.2. The number of carbonyl (C=O) groups is 1. The molecule has 33 heavy (non-hydrogen) atoms. The number of thiophene rings is 1. The van der Waals surface area contributed by atoms with Gasteiger partial charge in [-0.25, -0.2) is 13.2 Å². The van der Waals surface area contributed by atoms with Crippen LogP contribution in [-0.4, -0.2) is 42.9 Å². The van der Waals surface area contributed by atoms with E-state index in [1.165, 1.54) is 35.2 Å². The van der Waals surface area contributed by atoms with Crippen LogP contribution in [0.15, 0.2) is 68.6 Å². The van der Waals surface area contributed by atoms with Crippen molar-refractivity contribution in [3.63, 3.8) is 0 Å². The van der Waals surface area contributed by atoms with Gasteiger partial charge in [0.1, 0.15) is 11.6 Å². The number of nitrogens with two attached hydrogens (primary N) is 1. The van der Waals surface area contributed by atoms with Crippen molar-refractivity contribution in [2.45, 2.75) is 20.2 Å². The molecule has 0 saturated heterocycles. The molecule has 0 aliphatic rings. The third-order valence-electron chi connectivity index (χ3n) is 3.97. The Bertz CT molecular complexity index is 1290. The van der Waals surface area contributed by atoms with Crippen LogP contribution in [0.25, 0.3) is 11.1 Å². The van der Waals surface area contributed by atoms with E-state index < -0.39 is 22.0 Å². The van der Waals surface area contributed by atoms with Crippen LogP contribution in [0.3, 0.4) is 0 Å². The first-order chi connectivity index (χ1) is 15.3. The Morgan fingerprint density at radius 1 is 1.09 bits per heavy atom. The summed E-state index contributed by atoms with van der Waals surface area (Å²) in [5.41, 5.74) is 6.93. The van der Waals surface area contributed by atoms with E-state index in [0.717, 1.165) is 5.56 Å². The van der Waals surface area contributed by atoms with Crippen LogP contribution in [0.1, 0.15) is 4.88 Å². The lowest BCUT2D eigenvalue weighted by atomic mass is 10.1. The smallest absolute Gasteiger partial charge is 0.490 e. The van der Waals surface area contributed by atoms with Crippen LogP contribution in [0.5, 0.6) is 5.75 Å². The predicted octanol–water partition coefficient (Wildman–Crippen LogP) is 4.59. The molecule has 3 rings (SSSR count). The number of phenols is 1. The quantitative estimate of drug-likeness (QED) is 0.220. The summed E-state index contributed by atoms with van der Waals surface area (Å²) in [6, 6.07) is 14.7. The Morgan fingerprint density at radius 2 is 1.64 bits per heavy atom. The van der Waals surface area contributed by atoms with Gasteiger partial charge < -0.3 is 15.9 Å². The van der Waals surface area contributed by atoms with Gasteiger partial charge in [0.15, 0.2) is 0 Å². The van der Waals surface area contributed by atoms with Gasteiger partial charge in [0.25, 0.3) is 0 Å². The van der Waals surface area contributed by atoms with Gasteiger partial charge in [-0.1, -0.05) is 24.3 Å². The maximum absolute atomic E-state index is 13.1. The number of sulfone groups is 1. The third kappa shape index (κ3) is 6.49. The summed E-state index contributed by atoms with van der Waals surface area (Å²) in [4.78, 5) is 9.64. The summed E-state index contributed by atoms with van der Waals surface area (Å²) in [5.74, 6) is -2.79. The lowest BCUT2D eigenvalue weighted by Crippen LogP contribution is -2.21. The second-order valence-electron chi connectivity index (χ2n) is 6.26. The molecule has 0 radical (unpaired) electrons. The average Bonchev–Trinajstić information content (AvgIpc) is 3.19. The molecule has 2 aromatic carbocycles. The highest BCUT2D eigenvalue weighted by Crippen LogP contribution is 2.37. The van der Waals surface area contributed by atoms with Gasteiger partial charge >= 0.3 is 12.1 Å². The van der Waals surface area contributed by atoms with Gasteiger partial charge in [0.05, 0.1) is 18.9 Å². The molecule has 0 unspecified atom stereocenters. The van der Waals surface area contributed by atoms with Crippen molar-refractivity contribution >= 4 is 44.7 Å². The van der Waals surface area contributed by atoms with Crippen LogP contribution in [-0.2, 0) is 14.6 Å². The molecule has 1 heterocycles. The summed E-state index contributed by atoms with van der Waals surface area (Å²) in [6.07, 6.45) is -3.29. The standard InChI is InChI=1S/C18H16N2O3S3.C2HF3O2/c1-24-18-16(10-15(25-18)17(19)20)26(22,23)14-7-3-5-12(9-14)11-4-2-6-13(21)8-11;3-2(4,5)1(6)7/h2-10,21H,1H3,(H3,19,20);(H,6,7). The number of carboxylic acid groups (broad SMARTS) is 1. The monoisotopic (exact) mass is 518 g/mol. The lowest BCUT2D eigenvalue weighted by Gasteiger charge is -2.08. The van der Waals surface area contributed by atoms with Gasteiger partial charge in [0, 0.05) is 0 Å². The summed E-state index contributed by atoms with van der Waals surface area (Å²) in [6.45, 7) is 0. The number of aliphatic carboxylic acids is 1. The van der Waals surface area contributed by atoms with E-state index in [0.29, 0.717) is 14.6 Å². The largest absolute Gasteiger partial charge is 0.508 e. The van der Waals surface area contributed by atoms with Crippen LogP contribution >= 0.6 is 23.1 Å². The average molecular weight is 519 g/mol. The minimum Gasteiger partial charge on any atom is -0.508 e. The molecular weight excluding hydrogens is 501 g/mol. The number of hydrogen-bond donors (Lipinski definition) is 4. The zero-order chi connectivity index (χ0) is 25.0. The van der Waals surface area contributed by atoms with Crippen molar-refractivity contribution in [1.29, 1.82) is 5.41 Å².